The van der Waals surface area contributed by atoms with E-state index in [1.54, 1.807) is 5.57 Å². The van der Waals surface area contributed by atoms with Crippen molar-refractivity contribution in [2.24, 2.45) is 11.8 Å². The normalized spacial score (nSPS) is 27.1. The Labute approximate surface area is 82.6 Å². The van der Waals surface area contributed by atoms with E-state index in [4.69, 9.17) is 0 Å². The third-order valence-corrected chi connectivity index (χ3v) is 3.17. The third kappa shape index (κ3) is 3.15. The SMILES string of the molecule is CCC(/C=C1/CCNCC1C)CC. The Morgan fingerprint density at radius 3 is 2.69 bits per heavy atom. The van der Waals surface area contributed by atoms with Gasteiger partial charge in [-0.05, 0) is 37.6 Å². The molecular formula is C12H23N. The zero-order valence-corrected chi connectivity index (χ0v) is 9.27. The predicted molar refractivity (Wildman–Crippen MR) is 58.8 cm³/mol. The molecule has 1 aliphatic heterocycles. The molecule has 1 aliphatic rings. The van der Waals surface area contributed by atoms with Crippen LogP contribution in [-0.4, -0.2) is 13.1 Å². The highest BCUT2D eigenvalue weighted by atomic mass is 14.9. The first-order valence-corrected chi connectivity index (χ1v) is 5.69. The summed E-state index contributed by atoms with van der Waals surface area (Å²) in [4.78, 5) is 0. The van der Waals surface area contributed by atoms with Crippen LogP contribution in [0.5, 0.6) is 0 Å². The first-order valence-electron chi connectivity index (χ1n) is 5.69. The molecule has 0 bridgehead atoms. The Kier molecular flexibility index (Phi) is 4.51. The van der Waals surface area contributed by atoms with Gasteiger partial charge in [-0.1, -0.05) is 32.4 Å². The smallest absolute Gasteiger partial charge is 0.00143 e. The molecule has 0 aromatic rings. The minimum Gasteiger partial charge on any atom is -0.316 e. The molecule has 0 spiro atoms. The molecule has 1 heterocycles. The van der Waals surface area contributed by atoms with Crippen molar-refractivity contribution in [3.8, 4) is 0 Å². The Morgan fingerprint density at radius 1 is 1.46 bits per heavy atom. The largest absolute Gasteiger partial charge is 0.316 e. The highest BCUT2D eigenvalue weighted by Crippen LogP contribution is 2.21. The summed E-state index contributed by atoms with van der Waals surface area (Å²) < 4.78 is 0. The van der Waals surface area contributed by atoms with E-state index in [2.05, 4.69) is 32.2 Å². The van der Waals surface area contributed by atoms with Crippen LogP contribution < -0.4 is 5.32 Å². The first kappa shape index (κ1) is 10.8. The molecule has 1 nitrogen and oxygen atoms in total. The summed E-state index contributed by atoms with van der Waals surface area (Å²) in [7, 11) is 0. The van der Waals surface area contributed by atoms with Crippen molar-refractivity contribution in [1.82, 2.24) is 5.32 Å². The first-order chi connectivity index (χ1) is 6.27. The van der Waals surface area contributed by atoms with E-state index in [0.717, 1.165) is 11.8 Å². The van der Waals surface area contributed by atoms with Crippen LogP contribution in [0.15, 0.2) is 11.6 Å². The van der Waals surface area contributed by atoms with Gasteiger partial charge in [0.2, 0.25) is 0 Å². The number of nitrogens with one attached hydrogen (secondary N) is 1. The van der Waals surface area contributed by atoms with Crippen LogP contribution in [-0.2, 0) is 0 Å². The number of piperidine rings is 1. The second kappa shape index (κ2) is 5.43. The van der Waals surface area contributed by atoms with Gasteiger partial charge in [0.25, 0.3) is 0 Å². The van der Waals surface area contributed by atoms with Gasteiger partial charge in [-0.2, -0.15) is 0 Å². The minimum absolute atomic E-state index is 0.759. The fourth-order valence-corrected chi connectivity index (χ4v) is 2.00. The molecule has 76 valence electrons. The highest BCUT2D eigenvalue weighted by Gasteiger charge is 2.14. The summed E-state index contributed by atoms with van der Waals surface area (Å²) in [5, 5.41) is 3.43. The van der Waals surface area contributed by atoms with Gasteiger partial charge in [-0.15, -0.1) is 0 Å². The molecule has 0 saturated carbocycles. The molecule has 1 N–H and O–H groups in total. The molecule has 1 unspecified atom stereocenters. The van der Waals surface area contributed by atoms with Crippen LogP contribution in [0.2, 0.25) is 0 Å². The van der Waals surface area contributed by atoms with Crippen molar-refractivity contribution in [3.05, 3.63) is 11.6 Å². The molecule has 0 aromatic heterocycles. The van der Waals surface area contributed by atoms with Crippen LogP contribution in [0.3, 0.4) is 0 Å². The molecule has 0 aromatic carbocycles. The maximum absolute atomic E-state index is 3.43. The highest BCUT2D eigenvalue weighted by molar-refractivity contribution is 5.11. The Balaban J connectivity index is 2.55. The molecule has 1 atom stereocenters. The van der Waals surface area contributed by atoms with Crippen LogP contribution in [0.4, 0.5) is 0 Å². The molecular weight excluding hydrogens is 158 g/mol. The molecule has 1 saturated heterocycles. The second-order valence-electron chi connectivity index (χ2n) is 4.17. The molecule has 13 heavy (non-hydrogen) atoms. The number of hydrogen-bond donors (Lipinski definition) is 1. The van der Waals surface area contributed by atoms with Gasteiger partial charge in [0.1, 0.15) is 0 Å². The lowest BCUT2D eigenvalue weighted by molar-refractivity contribution is 0.488. The van der Waals surface area contributed by atoms with E-state index in [1.807, 2.05) is 0 Å². The molecule has 1 heteroatoms. The minimum atomic E-state index is 0.759. The maximum Gasteiger partial charge on any atom is 0.00143 e. The van der Waals surface area contributed by atoms with Crippen LogP contribution in [0.25, 0.3) is 0 Å². The van der Waals surface area contributed by atoms with E-state index in [-0.39, 0.29) is 0 Å². The molecule has 0 amide bonds. The Bertz CT molecular complexity index is 168. The van der Waals surface area contributed by atoms with Gasteiger partial charge in [0.05, 0.1) is 0 Å². The standard InChI is InChI=1S/C12H23N/c1-4-11(5-2)8-12-6-7-13-9-10(12)3/h8,10-11,13H,4-7,9H2,1-3H3/b12-8-. The average Bonchev–Trinajstić information content (AvgIpc) is 2.17. The molecule has 0 aliphatic carbocycles. The number of allylic oxidation sites excluding steroid dienone is 1. The van der Waals surface area contributed by atoms with Gasteiger partial charge in [0, 0.05) is 6.54 Å². The van der Waals surface area contributed by atoms with Crippen molar-refractivity contribution < 1.29 is 0 Å². The summed E-state index contributed by atoms with van der Waals surface area (Å²) in [6.45, 7) is 9.26. The van der Waals surface area contributed by atoms with Crippen molar-refractivity contribution in [3.63, 3.8) is 0 Å². The monoisotopic (exact) mass is 181 g/mol. The van der Waals surface area contributed by atoms with Crippen molar-refractivity contribution >= 4 is 0 Å². The Hall–Kier alpha value is -0.300. The molecule has 0 radical (unpaired) electrons. The topological polar surface area (TPSA) is 12.0 Å². The summed E-state index contributed by atoms with van der Waals surface area (Å²) in [5.74, 6) is 1.57. The average molecular weight is 181 g/mol. The number of hydrogen-bond acceptors (Lipinski definition) is 1. The summed E-state index contributed by atoms with van der Waals surface area (Å²) in [6, 6.07) is 0. The van der Waals surface area contributed by atoms with Gasteiger partial charge >= 0.3 is 0 Å². The quantitative estimate of drug-likeness (QED) is 0.660. The van der Waals surface area contributed by atoms with Gasteiger partial charge in [-0.3, -0.25) is 0 Å². The van der Waals surface area contributed by atoms with E-state index >= 15 is 0 Å². The van der Waals surface area contributed by atoms with Crippen molar-refractivity contribution in [1.29, 1.82) is 0 Å². The van der Waals surface area contributed by atoms with E-state index in [9.17, 15) is 0 Å². The lowest BCUT2D eigenvalue weighted by Crippen LogP contribution is -2.30. The lowest BCUT2D eigenvalue weighted by atomic mass is 9.89. The molecule has 1 rings (SSSR count). The fourth-order valence-electron chi connectivity index (χ4n) is 2.00. The summed E-state index contributed by atoms with van der Waals surface area (Å²) in [5.41, 5.74) is 1.69. The fraction of sp³-hybridized carbons (Fsp3) is 0.833. The Morgan fingerprint density at radius 2 is 2.15 bits per heavy atom. The zero-order chi connectivity index (χ0) is 9.68. The van der Waals surface area contributed by atoms with Crippen molar-refractivity contribution in [2.45, 2.75) is 40.0 Å². The second-order valence-corrected chi connectivity index (χ2v) is 4.17. The maximum atomic E-state index is 3.43. The van der Waals surface area contributed by atoms with Gasteiger partial charge in [-0.25, -0.2) is 0 Å². The van der Waals surface area contributed by atoms with Crippen LogP contribution in [0.1, 0.15) is 40.0 Å². The van der Waals surface area contributed by atoms with Crippen LogP contribution >= 0.6 is 0 Å². The number of rotatable bonds is 3. The van der Waals surface area contributed by atoms with Crippen LogP contribution in [0, 0.1) is 11.8 Å². The zero-order valence-electron chi connectivity index (χ0n) is 9.27. The summed E-state index contributed by atoms with van der Waals surface area (Å²) in [6.07, 6.45) is 6.38. The lowest BCUT2D eigenvalue weighted by Gasteiger charge is -2.24. The van der Waals surface area contributed by atoms with Gasteiger partial charge < -0.3 is 5.32 Å². The molecule has 1 fully saturated rings. The summed E-state index contributed by atoms with van der Waals surface area (Å²) >= 11 is 0. The van der Waals surface area contributed by atoms with Gasteiger partial charge in [0.15, 0.2) is 0 Å². The third-order valence-electron chi connectivity index (χ3n) is 3.17. The van der Waals surface area contributed by atoms with E-state index < -0.39 is 0 Å². The van der Waals surface area contributed by atoms with E-state index in [0.29, 0.717) is 0 Å². The van der Waals surface area contributed by atoms with E-state index in [1.165, 1.54) is 32.4 Å². The predicted octanol–water partition coefficient (Wildman–Crippen LogP) is 2.98. The van der Waals surface area contributed by atoms with Crippen molar-refractivity contribution in [2.75, 3.05) is 13.1 Å².